The molecule has 21 heavy (non-hydrogen) atoms. The van der Waals surface area contributed by atoms with E-state index in [2.05, 4.69) is 21.8 Å². The number of nitrogen functional groups attached to an aromatic ring is 1. The summed E-state index contributed by atoms with van der Waals surface area (Å²) in [5, 5.41) is 0.995. The van der Waals surface area contributed by atoms with Gasteiger partial charge in [-0.05, 0) is 43.3 Å². The molecule has 4 nitrogen and oxygen atoms in total. The standard InChI is InChI=1S/C17H18N4/c1-2-21(12-13-6-3-4-10-19-13)16-9-8-15(18)14-7-5-11-20-17(14)16/h3-11H,2,12,18H2,1H3. The molecule has 106 valence electrons. The van der Waals surface area contributed by atoms with Crippen LogP contribution in [0.4, 0.5) is 11.4 Å². The van der Waals surface area contributed by atoms with Crippen LogP contribution < -0.4 is 10.6 Å². The second-order valence-corrected chi connectivity index (χ2v) is 4.91. The summed E-state index contributed by atoms with van der Waals surface area (Å²) in [4.78, 5) is 11.2. The first-order valence-electron chi connectivity index (χ1n) is 7.07. The van der Waals surface area contributed by atoms with Crippen molar-refractivity contribution in [2.75, 3.05) is 17.2 Å². The molecule has 0 radical (unpaired) electrons. The van der Waals surface area contributed by atoms with Gasteiger partial charge in [-0.15, -0.1) is 0 Å². The van der Waals surface area contributed by atoms with Crippen molar-refractivity contribution < 1.29 is 0 Å². The first-order chi connectivity index (χ1) is 10.3. The normalized spacial score (nSPS) is 10.7. The zero-order valence-electron chi connectivity index (χ0n) is 12.0. The number of benzene rings is 1. The highest BCUT2D eigenvalue weighted by atomic mass is 15.1. The summed E-state index contributed by atoms with van der Waals surface area (Å²) < 4.78 is 0. The first-order valence-corrected chi connectivity index (χ1v) is 7.07. The van der Waals surface area contributed by atoms with Crippen molar-refractivity contribution in [2.24, 2.45) is 0 Å². The Balaban J connectivity index is 2.03. The van der Waals surface area contributed by atoms with Crippen molar-refractivity contribution in [1.82, 2.24) is 9.97 Å². The molecule has 0 fully saturated rings. The maximum absolute atomic E-state index is 6.05. The van der Waals surface area contributed by atoms with E-state index >= 15 is 0 Å². The van der Waals surface area contributed by atoms with Gasteiger partial charge in [0, 0.05) is 30.0 Å². The van der Waals surface area contributed by atoms with E-state index in [0.29, 0.717) is 0 Å². The largest absolute Gasteiger partial charge is 0.398 e. The molecule has 1 aromatic carbocycles. The van der Waals surface area contributed by atoms with Crippen LogP contribution in [-0.2, 0) is 6.54 Å². The zero-order chi connectivity index (χ0) is 14.7. The number of hydrogen-bond acceptors (Lipinski definition) is 4. The topological polar surface area (TPSA) is 55.0 Å². The zero-order valence-corrected chi connectivity index (χ0v) is 12.0. The van der Waals surface area contributed by atoms with E-state index in [-0.39, 0.29) is 0 Å². The summed E-state index contributed by atoms with van der Waals surface area (Å²) in [5.74, 6) is 0. The third-order valence-corrected chi connectivity index (χ3v) is 3.58. The van der Waals surface area contributed by atoms with E-state index in [1.165, 1.54) is 0 Å². The maximum atomic E-state index is 6.05. The van der Waals surface area contributed by atoms with E-state index < -0.39 is 0 Å². The fraction of sp³-hybridized carbons (Fsp3) is 0.176. The summed E-state index contributed by atoms with van der Waals surface area (Å²) >= 11 is 0. The van der Waals surface area contributed by atoms with Gasteiger partial charge in [0.2, 0.25) is 0 Å². The van der Waals surface area contributed by atoms with E-state index in [0.717, 1.165) is 41.1 Å². The van der Waals surface area contributed by atoms with Crippen LogP contribution >= 0.6 is 0 Å². The minimum absolute atomic E-state index is 0.757. The van der Waals surface area contributed by atoms with Gasteiger partial charge in [-0.1, -0.05) is 6.07 Å². The molecular formula is C17H18N4. The molecule has 3 aromatic rings. The fourth-order valence-electron chi connectivity index (χ4n) is 2.49. The van der Waals surface area contributed by atoms with Crippen LogP contribution in [0.3, 0.4) is 0 Å². The average Bonchev–Trinajstić information content (AvgIpc) is 2.55. The second-order valence-electron chi connectivity index (χ2n) is 4.91. The number of nitrogens with zero attached hydrogens (tertiary/aromatic N) is 3. The molecule has 0 aliphatic heterocycles. The van der Waals surface area contributed by atoms with Gasteiger partial charge < -0.3 is 10.6 Å². The number of hydrogen-bond donors (Lipinski definition) is 1. The van der Waals surface area contributed by atoms with Crippen molar-refractivity contribution in [3.05, 3.63) is 60.6 Å². The van der Waals surface area contributed by atoms with Gasteiger partial charge in [-0.3, -0.25) is 9.97 Å². The Morgan fingerprint density at radius 3 is 2.62 bits per heavy atom. The Morgan fingerprint density at radius 2 is 1.86 bits per heavy atom. The Morgan fingerprint density at radius 1 is 1.00 bits per heavy atom. The van der Waals surface area contributed by atoms with Gasteiger partial charge in [0.1, 0.15) is 0 Å². The summed E-state index contributed by atoms with van der Waals surface area (Å²) in [6, 6.07) is 13.9. The summed E-state index contributed by atoms with van der Waals surface area (Å²) in [6.07, 6.45) is 3.63. The molecule has 3 rings (SSSR count). The highest BCUT2D eigenvalue weighted by molar-refractivity contribution is 5.98. The molecule has 0 amide bonds. The van der Waals surface area contributed by atoms with Crippen molar-refractivity contribution in [1.29, 1.82) is 0 Å². The maximum Gasteiger partial charge on any atom is 0.0956 e. The number of aromatic nitrogens is 2. The molecule has 0 atom stereocenters. The first kappa shape index (κ1) is 13.4. The van der Waals surface area contributed by atoms with Gasteiger partial charge in [0.25, 0.3) is 0 Å². The van der Waals surface area contributed by atoms with E-state index in [1.807, 2.05) is 48.7 Å². The number of nitrogens with two attached hydrogens (primary N) is 1. The van der Waals surface area contributed by atoms with E-state index in [4.69, 9.17) is 5.73 Å². The molecule has 0 spiro atoms. The summed E-state index contributed by atoms with van der Waals surface area (Å²) in [5.41, 5.74) is 9.88. The molecular weight excluding hydrogens is 260 g/mol. The number of fused-ring (bicyclic) bond motifs is 1. The molecule has 0 saturated carbocycles. The lowest BCUT2D eigenvalue weighted by Crippen LogP contribution is -2.23. The lowest BCUT2D eigenvalue weighted by atomic mass is 10.1. The third kappa shape index (κ3) is 2.65. The van der Waals surface area contributed by atoms with E-state index in [9.17, 15) is 0 Å². The second kappa shape index (κ2) is 5.79. The summed E-state index contributed by atoms with van der Waals surface area (Å²) in [7, 11) is 0. The predicted molar refractivity (Wildman–Crippen MR) is 87.1 cm³/mol. The monoisotopic (exact) mass is 278 g/mol. The van der Waals surface area contributed by atoms with Gasteiger partial charge in [-0.25, -0.2) is 0 Å². The van der Waals surface area contributed by atoms with Crippen LogP contribution in [0.5, 0.6) is 0 Å². The van der Waals surface area contributed by atoms with Gasteiger partial charge in [-0.2, -0.15) is 0 Å². The van der Waals surface area contributed by atoms with E-state index in [1.54, 1.807) is 6.20 Å². The minimum Gasteiger partial charge on any atom is -0.398 e. The smallest absolute Gasteiger partial charge is 0.0956 e. The van der Waals surface area contributed by atoms with Crippen molar-refractivity contribution in [2.45, 2.75) is 13.5 Å². The lowest BCUT2D eigenvalue weighted by molar-refractivity contribution is 0.812. The molecule has 0 aliphatic carbocycles. The van der Waals surface area contributed by atoms with Crippen molar-refractivity contribution in [3.8, 4) is 0 Å². The molecule has 0 bridgehead atoms. The molecule has 2 aromatic heterocycles. The Kier molecular flexibility index (Phi) is 3.69. The Hall–Kier alpha value is -2.62. The Bertz CT molecular complexity index is 740. The highest BCUT2D eigenvalue weighted by Crippen LogP contribution is 2.29. The minimum atomic E-state index is 0.757. The molecule has 2 heterocycles. The van der Waals surface area contributed by atoms with Gasteiger partial charge in [0.15, 0.2) is 0 Å². The summed E-state index contributed by atoms with van der Waals surface area (Å²) in [6.45, 7) is 3.77. The van der Waals surface area contributed by atoms with Crippen LogP contribution in [0.2, 0.25) is 0 Å². The molecule has 4 heteroatoms. The number of pyridine rings is 2. The van der Waals surface area contributed by atoms with Crippen molar-refractivity contribution in [3.63, 3.8) is 0 Å². The SMILES string of the molecule is CCN(Cc1ccccn1)c1ccc(N)c2cccnc12. The highest BCUT2D eigenvalue weighted by Gasteiger charge is 2.12. The van der Waals surface area contributed by atoms with Crippen LogP contribution in [0.25, 0.3) is 10.9 Å². The van der Waals surface area contributed by atoms with Crippen LogP contribution in [0.15, 0.2) is 54.9 Å². The molecule has 0 unspecified atom stereocenters. The van der Waals surface area contributed by atoms with Crippen LogP contribution in [0.1, 0.15) is 12.6 Å². The molecule has 0 saturated heterocycles. The van der Waals surface area contributed by atoms with Gasteiger partial charge in [0.05, 0.1) is 23.4 Å². The quantitative estimate of drug-likeness (QED) is 0.744. The van der Waals surface area contributed by atoms with Gasteiger partial charge >= 0.3 is 0 Å². The number of rotatable bonds is 4. The predicted octanol–water partition coefficient (Wildman–Crippen LogP) is 3.24. The molecule has 2 N–H and O–H groups in total. The fourth-order valence-corrected chi connectivity index (χ4v) is 2.49. The Labute approximate surface area is 124 Å². The average molecular weight is 278 g/mol. The van der Waals surface area contributed by atoms with Crippen molar-refractivity contribution >= 4 is 22.3 Å². The lowest BCUT2D eigenvalue weighted by Gasteiger charge is -2.24. The third-order valence-electron chi connectivity index (χ3n) is 3.58. The van der Waals surface area contributed by atoms with Crippen LogP contribution in [0, 0.1) is 0 Å². The number of anilines is 2. The molecule has 0 aliphatic rings. The van der Waals surface area contributed by atoms with Crippen LogP contribution in [-0.4, -0.2) is 16.5 Å².